The Kier molecular flexibility index (Phi) is 4.76. The normalized spacial score (nSPS) is 10.9. The molecule has 0 spiro atoms. The third kappa shape index (κ3) is 3.32. The predicted molar refractivity (Wildman–Crippen MR) is 105 cm³/mol. The number of H-pyrrole nitrogens is 1. The summed E-state index contributed by atoms with van der Waals surface area (Å²) in [5.41, 5.74) is 2.61. The summed E-state index contributed by atoms with van der Waals surface area (Å²) in [5, 5.41) is 0. The van der Waals surface area contributed by atoms with Crippen LogP contribution in [0.25, 0.3) is 22.6 Å². The number of methoxy groups -OCH3 is 1. The van der Waals surface area contributed by atoms with E-state index in [0.29, 0.717) is 41.6 Å². The van der Waals surface area contributed by atoms with Crippen molar-refractivity contribution in [1.29, 1.82) is 0 Å². The Bertz CT molecular complexity index is 1170. The Balaban J connectivity index is 1.71. The predicted octanol–water partition coefficient (Wildman–Crippen LogP) is 2.64. The largest absolute Gasteiger partial charge is 0.493 e. The van der Waals surface area contributed by atoms with Gasteiger partial charge < -0.3 is 14.5 Å². The topological polar surface area (TPSA) is 94.9 Å². The number of imidazole rings is 1. The zero-order valence-electron chi connectivity index (χ0n) is 15.5. The van der Waals surface area contributed by atoms with E-state index in [1.54, 1.807) is 36.3 Å². The van der Waals surface area contributed by atoms with E-state index >= 15 is 0 Å². The molecule has 0 fully saturated rings. The van der Waals surface area contributed by atoms with Crippen molar-refractivity contribution in [2.45, 2.75) is 13.5 Å². The highest BCUT2D eigenvalue weighted by molar-refractivity contribution is 5.76. The summed E-state index contributed by atoms with van der Waals surface area (Å²) in [5.74, 6) is 1.86. The van der Waals surface area contributed by atoms with Crippen LogP contribution in [0.2, 0.25) is 0 Å². The molecule has 28 heavy (non-hydrogen) atoms. The first-order chi connectivity index (χ1) is 13.7. The van der Waals surface area contributed by atoms with Gasteiger partial charge in [-0.1, -0.05) is 6.07 Å². The number of benzene rings is 1. The number of aromatic nitrogens is 5. The van der Waals surface area contributed by atoms with Gasteiger partial charge in [-0.15, -0.1) is 0 Å². The van der Waals surface area contributed by atoms with Crippen LogP contribution in [0, 0.1) is 0 Å². The maximum Gasteiger partial charge on any atom is 0.327 e. The Labute approximate surface area is 160 Å². The number of nitrogens with one attached hydrogen (secondary N) is 1. The molecule has 0 aliphatic heterocycles. The van der Waals surface area contributed by atoms with Crippen LogP contribution in [0.1, 0.15) is 12.5 Å². The van der Waals surface area contributed by atoms with E-state index in [1.165, 1.54) is 0 Å². The van der Waals surface area contributed by atoms with Crippen molar-refractivity contribution < 1.29 is 9.47 Å². The summed E-state index contributed by atoms with van der Waals surface area (Å²) in [6.45, 7) is 2.80. The number of fused-ring (bicyclic) bond motifs is 1. The Morgan fingerprint density at radius 1 is 1.11 bits per heavy atom. The van der Waals surface area contributed by atoms with Gasteiger partial charge in [0, 0.05) is 24.2 Å². The van der Waals surface area contributed by atoms with Crippen LogP contribution in [0.3, 0.4) is 0 Å². The molecule has 0 radical (unpaired) electrons. The van der Waals surface area contributed by atoms with Gasteiger partial charge in [0.1, 0.15) is 0 Å². The number of hydrogen-bond donors (Lipinski definition) is 1. The van der Waals surface area contributed by atoms with Gasteiger partial charge in [0.2, 0.25) is 0 Å². The average molecular weight is 377 g/mol. The quantitative estimate of drug-likeness (QED) is 0.555. The highest BCUT2D eigenvalue weighted by Crippen LogP contribution is 2.28. The van der Waals surface area contributed by atoms with E-state index in [2.05, 4.69) is 19.9 Å². The minimum atomic E-state index is -0.234. The zero-order valence-corrected chi connectivity index (χ0v) is 15.5. The number of hydrogen-bond acceptors (Lipinski definition) is 6. The van der Waals surface area contributed by atoms with Crippen LogP contribution in [0.5, 0.6) is 11.5 Å². The van der Waals surface area contributed by atoms with Crippen molar-refractivity contribution in [3.63, 3.8) is 0 Å². The van der Waals surface area contributed by atoms with Crippen molar-refractivity contribution in [2.75, 3.05) is 13.7 Å². The second-order valence-corrected chi connectivity index (χ2v) is 6.10. The summed E-state index contributed by atoms with van der Waals surface area (Å²) in [4.78, 5) is 28.3. The standard InChI is InChI=1S/C20H19N5O3/c1-3-28-17-9-13(5-6-16(17)27-2)12-25-19-15(24-20(25)26)10-14(11-23-19)18-21-7-4-8-22-18/h4-11H,3,12H2,1-2H3,(H,24,26). The maximum atomic E-state index is 12.5. The Hall–Kier alpha value is -3.68. The van der Waals surface area contributed by atoms with Crippen LogP contribution in [-0.2, 0) is 6.54 Å². The van der Waals surface area contributed by atoms with Crippen LogP contribution in [0.15, 0.2) is 53.7 Å². The van der Waals surface area contributed by atoms with Crippen molar-refractivity contribution >= 4 is 11.2 Å². The molecule has 1 aromatic carbocycles. The maximum absolute atomic E-state index is 12.5. The molecule has 4 aromatic rings. The number of nitrogens with zero attached hydrogens (tertiary/aromatic N) is 4. The van der Waals surface area contributed by atoms with E-state index < -0.39 is 0 Å². The highest BCUT2D eigenvalue weighted by atomic mass is 16.5. The molecule has 8 nitrogen and oxygen atoms in total. The highest BCUT2D eigenvalue weighted by Gasteiger charge is 2.12. The lowest BCUT2D eigenvalue weighted by Gasteiger charge is -2.11. The molecular weight excluding hydrogens is 358 g/mol. The van der Waals surface area contributed by atoms with E-state index in [-0.39, 0.29) is 5.69 Å². The van der Waals surface area contributed by atoms with Gasteiger partial charge in [0.25, 0.3) is 0 Å². The lowest BCUT2D eigenvalue weighted by atomic mass is 10.2. The molecule has 142 valence electrons. The minimum absolute atomic E-state index is 0.234. The van der Waals surface area contributed by atoms with Gasteiger partial charge in [0.05, 0.1) is 25.8 Å². The Morgan fingerprint density at radius 3 is 2.68 bits per heavy atom. The van der Waals surface area contributed by atoms with E-state index in [1.807, 2.05) is 31.2 Å². The van der Waals surface area contributed by atoms with Crippen LogP contribution >= 0.6 is 0 Å². The molecule has 4 rings (SSSR count). The molecule has 8 heteroatoms. The molecule has 0 saturated carbocycles. The van der Waals surface area contributed by atoms with Gasteiger partial charge in [-0.3, -0.25) is 4.57 Å². The number of aromatic amines is 1. The number of ether oxygens (including phenoxy) is 2. The van der Waals surface area contributed by atoms with Crippen molar-refractivity contribution in [1.82, 2.24) is 24.5 Å². The van der Waals surface area contributed by atoms with Gasteiger partial charge in [-0.2, -0.15) is 0 Å². The molecule has 0 atom stereocenters. The second-order valence-electron chi connectivity index (χ2n) is 6.10. The van der Waals surface area contributed by atoms with Gasteiger partial charge in [-0.05, 0) is 36.8 Å². The number of pyridine rings is 1. The third-order valence-electron chi connectivity index (χ3n) is 4.30. The smallest absolute Gasteiger partial charge is 0.327 e. The summed E-state index contributed by atoms with van der Waals surface area (Å²) in [6.07, 6.45) is 5.00. The minimum Gasteiger partial charge on any atom is -0.493 e. The molecule has 0 saturated heterocycles. The second kappa shape index (κ2) is 7.51. The molecule has 1 N–H and O–H groups in total. The first kappa shape index (κ1) is 17.7. The first-order valence-corrected chi connectivity index (χ1v) is 8.85. The summed E-state index contributed by atoms with van der Waals surface area (Å²) >= 11 is 0. The van der Waals surface area contributed by atoms with Crippen molar-refractivity contribution in [3.05, 3.63) is 65.0 Å². The first-order valence-electron chi connectivity index (χ1n) is 8.85. The lowest BCUT2D eigenvalue weighted by molar-refractivity contribution is 0.310. The number of rotatable bonds is 6. The van der Waals surface area contributed by atoms with E-state index in [4.69, 9.17) is 9.47 Å². The molecular formula is C20H19N5O3. The summed E-state index contributed by atoms with van der Waals surface area (Å²) < 4.78 is 12.5. The average Bonchev–Trinajstić information content (AvgIpc) is 3.03. The van der Waals surface area contributed by atoms with Crippen LogP contribution in [0.4, 0.5) is 0 Å². The molecule has 0 aliphatic carbocycles. The van der Waals surface area contributed by atoms with E-state index in [9.17, 15) is 4.79 Å². The van der Waals surface area contributed by atoms with Crippen LogP contribution < -0.4 is 15.2 Å². The molecule has 3 heterocycles. The fourth-order valence-corrected chi connectivity index (χ4v) is 3.03. The summed E-state index contributed by atoms with van der Waals surface area (Å²) in [6, 6.07) is 9.19. The molecule has 0 bridgehead atoms. The fourth-order valence-electron chi connectivity index (χ4n) is 3.03. The van der Waals surface area contributed by atoms with E-state index in [0.717, 1.165) is 11.1 Å². The monoisotopic (exact) mass is 377 g/mol. The lowest BCUT2D eigenvalue weighted by Crippen LogP contribution is -2.17. The molecule has 0 amide bonds. The van der Waals surface area contributed by atoms with Gasteiger partial charge in [0.15, 0.2) is 23.0 Å². The third-order valence-corrected chi connectivity index (χ3v) is 4.30. The van der Waals surface area contributed by atoms with Crippen molar-refractivity contribution in [3.8, 4) is 22.9 Å². The van der Waals surface area contributed by atoms with Crippen LogP contribution in [-0.4, -0.2) is 38.2 Å². The van der Waals surface area contributed by atoms with Gasteiger partial charge >= 0.3 is 5.69 Å². The van der Waals surface area contributed by atoms with Gasteiger partial charge in [-0.25, -0.2) is 19.7 Å². The molecule has 0 aliphatic rings. The zero-order chi connectivity index (χ0) is 19.5. The molecule has 3 aromatic heterocycles. The SMILES string of the molecule is CCOc1cc(Cn2c(=O)[nH]c3cc(-c4ncccn4)cnc32)ccc1OC. The fraction of sp³-hybridized carbons (Fsp3) is 0.200. The molecule has 0 unspecified atom stereocenters. The van der Waals surface area contributed by atoms with Crippen molar-refractivity contribution in [2.24, 2.45) is 0 Å². The Morgan fingerprint density at radius 2 is 1.93 bits per heavy atom. The summed E-state index contributed by atoms with van der Waals surface area (Å²) in [7, 11) is 1.60.